The molecule has 1 aliphatic heterocycles. The average molecular weight is 394 g/mol. The summed E-state index contributed by atoms with van der Waals surface area (Å²) in [5.74, 6) is 1.53. The van der Waals surface area contributed by atoms with Crippen LogP contribution in [0.4, 0.5) is 11.1 Å². The molecule has 4 rings (SSSR count). The van der Waals surface area contributed by atoms with Crippen molar-refractivity contribution in [2.24, 2.45) is 0 Å². The predicted octanol–water partition coefficient (Wildman–Crippen LogP) is 2.73. The van der Waals surface area contributed by atoms with Crippen LogP contribution in [0.2, 0.25) is 0 Å². The summed E-state index contributed by atoms with van der Waals surface area (Å²) in [4.78, 5) is 11.3. The van der Waals surface area contributed by atoms with E-state index in [4.69, 9.17) is 0 Å². The fourth-order valence-corrected chi connectivity index (χ4v) is 3.90. The zero-order chi connectivity index (χ0) is 15.8. The van der Waals surface area contributed by atoms with Crippen molar-refractivity contribution in [2.75, 3.05) is 23.3 Å². The van der Waals surface area contributed by atoms with Gasteiger partial charge in [-0.05, 0) is 47.8 Å². The van der Waals surface area contributed by atoms with E-state index < -0.39 is 0 Å². The summed E-state index contributed by atoms with van der Waals surface area (Å²) in [7, 11) is 0. The first-order valence-corrected chi connectivity index (χ1v) is 9.08. The van der Waals surface area contributed by atoms with Crippen LogP contribution in [0.3, 0.4) is 0 Å². The van der Waals surface area contributed by atoms with Gasteiger partial charge in [-0.1, -0.05) is 0 Å². The van der Waals surface area contributed by atoms with Crippen LogP contribution in [0, 0.1) is 6.92 Å². The molecule has 0 aromatic carbocycles. The molecule has 120 valence electrons. The first kappa shape index (κ1) is 14.8. The summed E-state index contributed by atoms with van der Waals surface area (Å²) in [5, 5.41) is 8.95. The number of anilines is 2. The van der Waals surface area contributed by atoms with E-state index in [9.17, 15) is 0 Å². The van der Waals surface area contributed by atoms with Crippen LogP contribution in [-0.4, -0.2) is 43.1 Å². The van der Waals surface area contributed by atoms with Gasteiger partial charge in [-0.3, -0.25) is 0 Å². The molecule has 1 saturated heterocycles. The number of nitrogens with zero attached hydrogens (tertiary/aromatic N) is 6. The van der Waals surface area contributed by atoms with Gasteiger partial charge in [-0.25, -0.2) is 9.50 Å². The highest BCUT2D eigenvalue weighted by molar-refractivity contribution is 9.10. The lowest BCUT2D eigenvalue weighted by molar-refractivity contribution is 0.523. The highest BCUT2D eigenvalue weighted by Crippen LogP contribution is 2.23. The lowest BCUT2D eigenvalue weighted by Gasteiger charge is -2.31. The normalized spacial score (nSPS) is 16.2. The molecular formula is C14H16BrN7S. The third-order valence-corrected chi connectivity index (χ3v) is 5.42. The number of fused-ring (bicyclic) bond motifs is 1. The van der Waals surface area contributed by atoms with Crippen LogP contribution in [0.5, 0.6) is 0 Å². The van der Waals surface area contributed by atoms with Gasteiger partial charge in [0.25, 0.3) is 0 Å². The molecule has 3 aromatic rings. The van der Waals surface area contributed by atoms with Crippen LogP contribution >= 0.6 is 27.5 Å². The van der Waals surface area contributed by atoms with Crippen molar-refractivity contribution in [3.8, 4) is 0 Å². The van der Waals surface area contributed by atoms with Gasteiger partial charge in [0.15, 0.2) is 5.65 Å². The van der Waals surface area contributed by atoms with Gasteiger partial charge in [0.2, 0.25) is 11.1 Å². The van der Waals surface area contributed by atoms with E-state index in [1.54, 1.807) is 4.52 Å². The van der Waals surface area contributed by atoms with Gasteiger partial charge in [0.05, 0.1) is 4.47 Å². The number of piperidine rings is 1. The second-order valence-corrected chi connectivity index (χ2v) is 7.17. The fraction of sp³-hybridized carbons (Fsp3) is 0.429. The first-order chi connectivity index (χ1) is 11.2. The Morgan fingerprint density at radius 2 is 2.13 bits per heavy atom. The maximum Gasteiger partial charge on any atom is 0.243 e. The van der Waals surface area contributed by atoms with Crippen LogP contribution in [0.25, 0.3) is 5.65 Å². The molecule has 0 bridgehead atoms. The van der Waals surface area contributed by atoms with E-state index in [2.05, 4.69) is 45.6 Å². The molecular weight excluding hydrogens is 378 g/mol. The molecule has 0 unspecified atom stereocenters. The molecule has 1 aliphatic rings. The lowest BCUT2D eigenvalue weighted by atomic mass is 10.1. The van der Waals surface area contributed by atoms with Crippen molar-refractivity contribution in [2.45, 2.75) is 25.8 Å². The highest BCUT2D eigenvalue weighted by atomic mass is 79.9. The van der Waals surface area contributed by atoms with Crippen molar-refractivity contribution in [3.05, 3.63) is 28.6 Å². The second-order valence-electron chi connectivity index (χ2n) is 5.59. The van der Waals surface area contributed by atoms with Gasteiger partial charge < -0.3 is 10.2 Å². The summed E-state index contributed by atoms with van der Waals surface area (Å²) in [6, 6.07) is 4.30. The number of rotatable bonds is 3. The zero-order valence-electron chi connectivity index (χ0n) is 12.6. The number of aromatic nitrogens is 5. The summed E-state index contributed by atoms with van der Waals surface area (Å²) in [6.45, 7) is 3.88. The van der Waals surface area contributed by atoms with Gasteiger partial charge >= 0.3 is 0 Å². The third-order valence-electron chi connectivity index (χ3n) is 3.93. The molecule has 9 heteroatoms. The molecule has 0 radical (unpaired) electrons. The number of hydrogen-bond donors (Lipinski definition) is 1. The Bertz CT molecular complexity index is 822. The molecule has 4 heterocycles. The van der Waals surface area contributed by atoms with E-state index in [1.807, 2.05) is 25.3 Å². The molecule has 7 nitrogen and oxygen atoms in total. The largest absolute Gasteiger partial charge is 0.350 e. The highest BCUT2D eigenvalue weighted by Gasteiger charge is 2.22. The Balaban J connectivity index is 1.41. The maximum atomic E-state index is 4.55. The minimum absolute atomic E-state index is 0.386. The van der Waals surface area contributed by atoms with Crippen molar-refractivity contribution in [3.63, 3.8) is 0 Å². The summed E-state index contributed by atoms with van der Waals surface area (Å²) in [6.07, 6.45) is 3.98. The van der Waals surface area contributed by atoms with Crippen LogP contribution in [0.1, 0.15) is 18.7 Å². The molecule has 0 aliphatic carbocycles. The standard InChI is InChI=1S/C14H16BrN7S/c1-9-16-14(23-20-9)21-7-4-10(5-8-21)17-13-18-12-11(15)3-2-6-22(12)19-13/h2-3,6,10H,4-5,7-8H2,1H3,(H,17,19). The number of nitrogens with one attached hydrogen (secondary N) is 1. The molecule has 23 heavy (non-hydrogen) atoms. The Labute approximate surface area is 146 Å². The van der Waals surface area contributed by atoms with Crippen molar-refractivity contribution in [1.29, 1.82) is 0 Å². The molecule has 0 amide bonds. The maximum absolute atomic E-state index is 4.55. The van der Waals surface area contributed by atoms with Gasteiger partial charge in [0.1, 0.15) is 5.82 Å². The van der Waals surface area contributed by atoms with Crippen molar-refractivity contribution >= 4 is 44.2 Å². The van der Waals surface area contributed by atoms with Crippen LogP contribution in [0.15, 0.2) is 22.8 Å². The smallest absolute Gasteiger partial charge is 0.243 e. The van der Waals surface area contributed by atoms with Crippen LogP contribution < -0.4 is 10.2 Å². The molecule has 0 spiro atoms. The summed E-state index contributed by atoms with van der Waals surface area (Å²) in [5.41, 5.74) is 0.830. The minimum Gasteiger partial charge on any atom is -0.350 e. The molecule has 1 fully saturated rings. The monoisotopic (exact) mass is 393 g/mol. The van der Waals surface area contributed by atoms with Gasteiger partial charge in [0, 0.05) is 36.9 Å². The number of hydrogen-bond acceptors (Lipinski definition) is 7. The zero-order valence-corrected chi connectivity index (χ0v) is 15.0. The van der Waals surface area contributed by atoms with Gasteiger partial charge in [-0.2, -0.15) is 9.36 Å². The second kappa shape index (κ2) is 6.04. The van der Waals surface area contributed by atoms with E-state index in [1.165, 1.54) is 11.5 Å². The Kier molecular flexibility index (Phi) is 3.90. The predicted molar refractivity (Wildman–Crippen MR) is 94.2 cm³/mol. The van der Waals surface area contributed by atoms with E-state index in [0.717, 1.165) is 47.0 Å². The lowest BCUT2D eigenvalue weighted by Crippen LogP contribution is -2.39. The van der Waals surface area contributed by atoms with E-state index in [0.29, 0.717) is 12.0 Å². The quantitative estimate of drug-likeness (QED) is 0.737. The Morgan fingerprint density at radius 3 is 2.83 bits per heavy atom. The molecule has 1 N–H and O–H groups in total. The Morgan fingerprint density at radius 1 is 1.30 bits per heavy atom. The van der Waals surface area contributed by atoms with E-state index >= 15 is 0 Å². The Hall–Kier alpha value is -1.74. The average Bonchev–Trinajstić information content (AvgIpc) is 3.15. The SMILES string of the molecule is Cc1nsc(N2CCC(Nc3nc4c(Br)cccn4n3)CC2)n1. The van der Waals surface area contributed by atoms with Crippen LogP contribution in [-0.2, 0) is 0 Å². The number of aryl methyl sites for hydroxylation is 1. The summed E-state index contributed by atoms with van der Waals surface area (Å²) >= 11 is 4.98. The molecule has 3 aromatic heterocycles. The fourth-order valence-electron chi connectivity index (χ4n) is 2.75. The third kappa shape index (κ3) is 3.02. The topological polar surface area (TPSA) is 71.2 Å². The number of halogens is 1. The van der Waals surface area contributed by atoms with E-state index in [-0.39, 0.29) is 0 Å². The number of pyridine rings is 1. The van der Waals surface area contributed by atoms with Gasteiger partial charge in [-0.15, -0.1) is 5.10 Å². The minimum atomic E-state index is 0.386. The summed E-state index contributed by atoms with van der Waals surface area (Å²) < 4.78 is 6.99. The molecule has 0 saturated carbocycles. The first-order valence-electron chi connectivity index (χ1n) is 7.52. The van der Waals surface area contributed by atoms with Crippen molar-refractivity contribution < 1.29 is 0 Å². The molecule has 0 atom stereocenters. The van der Waals surface area contributed by atoms with Crippen molar-refractivity contribution in [1.82, 2.24) is 24.0 Å².